The van der Waals surface area contributed by atoms with Crippen LogP contribution in [0.1, 0.15) is 19.9 Å². The molecule has 1 fully saturated rings. The molecule has 146 valence electrons. The fourth-order valence-corrected chi connectivity index (χ4v) is 3.57. The molecule has 2 aromatic heterocycles. The van der Waals surface area contributed by atoms with Crippen molar-refractivity contribution >= 4 is 22.4 Å². The highest BCUT2D eigenvalue weighted by Gasteiger charge is 2.21. The minimum atomic E-state index is -0.0766. The van der Waals surface area contributed by atoms with Gasteiger partial charge in [-0.1, -0.05) is 0 Å². The molecule has 8 heteroatoms. The van der Waals surface area contributed by atoms with Crippen LogP contribution < -0.4 is 20.9 Å². The zero-order chi connectivity index (χ0) is 19.8. The van der Waals surface area contributed by atoms with Crippen LogP contribution in [0, 0.1) is 0 Å². The van der Waals surface area contributed by atoms with Gasteiger partial charge in [0, 0.05) is 57.3 Å². The molecule has 0 atom stereocenters. The summed E-state index contributed by atoms with van der Waals surface area (Å²) in [5.74, 6) is 0.499. The van der Waals surface area contributed by atoms with Gasteiger partial charge in [-0.2, -0.15) is 0 Å². The van der Waals surface area contributed by atoms with Gasteiger partial charge in [0.25, 0.3) is 11.1 Å². The molecular formula is C20H24N6O2. The van der Waals surface area contributed by atoms with E-state index in [4.69, 9.17) is 0 Å². The second-order valence-electron chi connectivity index (χ2n) is 7.39. The standard InChI is InChI=1S/C20H24N6O2/c1-14(2)26-13-22-17-12-15(4-5-16(17)19(26)27)24-8-10-25(11-9-24)18-20(28)23(3)7-6-21-18/h4-7,12-14H,8-11H2,1-3H3. The fourth-order valence-electron chi connectivity index (χ4n) is 3.57. The Morgan fingerprint density at radius 3 is 2.39 bits per heavy atom. The summed E-state index contributed by atoms with van der Waals surface area (Å²) in [6.07, 6.45) is 4.94. The first kappa shape index (κ1) is 18.2. The maximum atomic E-state index is 12.6. The van der Waals surface area contributed by atoms with Crippen molar-refractivity contribution in [2.45, 2.75) is 19.9 Å². The summed E-state index contributed by atoms with van der Waals surface area (Å²) in [6, 6.07) is 5.89. The van der Waals surface area contributed by atoms with Crippen LogP contribution in [0.4, 0.5) is 11.5 Å². The number of hydrogen-bond acceptors (Lipinski definition) is 6. The van der Waals surface area contributed by atoms with E-state index < -0.39 is 0 Å². The summed E-state index contributed by atoms with van der Waals surface area (Å²) in [7, 11) is 1.74. The topological polar surface area (TPSA) is 76.3 Å². The van der Waals surface area contributed by atoms with Crippen molar-refractivity contribution in [1.82, 2.24) is 19.1 Å². The molecule has 4 rings (SSSR count). The monoisotopic (exact) mass is 380 g/mol. The van der Waals surface area contributed by atoms with Crippen molar-refractivity contribution in [3.63, 3.8) is 0 Å². The van der Waals surface area contributed by atoms with Gasteiger partial charge in [0.1, 0.15) is 0 Å². The minimum absolute atomic E-state index is 0.0117. The number of benzene rings is 1. The highest BCUT2D eigenvalue weighted by atomic mass is 16.1. The zero-order valence-electron chi connectivity index (χ0n) is 16.4. The Bertz CT molecular complexity index is 1130. The number of nitrogens with zero attached hydrogens (tertiary/aromatic N) is 6. The summed E-state index contributed by atoms with van der Waals surface area (Å²) in [5, 5.41) is 0.635. The lowest BCUT2D eigenvalue weighted by atomic mass is 10.2. The molecule has 28 heavy (non-hydrogen) atoms. The Labute approximate surface area is 162 Å². The largest absolute Gasteiger partial charge is 0.368 e. The van der Waals surface area contributed by atoms with Gasteiger partial charge < -0.3 is 14.4 Å². The molecule has 8 nitrogen and oxygen atoms in total. The molecule has 0 unspecified atom stereocenters. The van der Waals surface area contributed by atoms with Crippen molar-refractivity contribution < 1.29 is 0 Å². The van der Waals surface area contributed by atoms with E-state index in [1.807, 2.05) is 36.9 Å². The van der Waals surface area contributed by atoms with E-state index in [2.05, 4.69) is 14.9 Å². The normalized spacial score (nSPS) is 14.9. The second kappa shape index (κ2) is 7.10. The Balaban J connectivity index is 1.55. The number of aromatic nitrogens is 4. The minimum Gasteiger partial charge on any atom is -0.368 e. The van der Waals surface area contributed by atoms with E-state index in [1.54, 1.807) is 34.9 Å². The first-order valence-corrected chi connectivity index (χ1v) is 9.48. The van der Waals surface area contributed by atoms with Gasteiger partial charge in [-0.3, -0.25) is 14.2 Å². The third kappa shape index (κ3) is 3.15. The summed E-state index contributed by atoms with van der Waals surface area (Å²) in [6.45, 7) is 6.91. The zero-order valence-corrected chi connectivity index (χ0v) is 16.4. The molecule has 1 aromatic carbocycles. The third-order valence-electron chi connectivity index (χ3n) is 5.27. The Morgan fingerprint density at radius 2 is 1.68 bits per heavy atom. The molecule has 3 heterocycles. The Hall–Kier alpha value is -3.16. The van der Waals surface area contributed by atoms with Gasteiger partial charge in [-0.05, 0) is 32.0 Å². The smallest absolute Gasteiger partial charge is 0.293 e. The molecule has 0 bridgehead atoms. The average Bonchev–Trinajstić information content (AvgIpc) is 2.70. The van der Waals surface area contributed by atoms with Crippen molar-refractivity contribution in [1.29, 1.82) is 0 Å². The molecule has 0 N–H and O–H groups in total. The summed E-state index contributed by atoms with van der Waals surface area (Å²) < 4.78 is 3.20. The van der Waals surface area contributed by atoms with Gasteiger partial charge in [0.05, 0.1) is 17.2 Å². The van der Waals surface area contributed by atoms with E-state index >= 15 is 0 Å². The lowest BCUT2D eigenvalue weighted by Gasteiger charge is -2.36. The molecule has 1 saturated heterocycles. The maximum Gasteiger partial charge on any atom is 0.293 e. The number of rotatable bonds is 3. The molecule has 0 radical (unpaired) electrons. The predicted octanol–water partition coefficient (Wildman–Crippen LogP) is 1.40. The van der Waals surface area contributed by atoms with Gasteiger partial charge in [-0.25, -0.2) is 9.97 Å². The molecule has 0 amide bonds. The van der Waals surface area contributed by atoms with Crippen LogP contribution in [0.15, 0.2) is 46.5 Å². The van der Waals surface area contributed by atoms with Crippen LogP contribution >= 0.6 is 0 Å². The Kier molecular flexibility index (Phi) is 4.62. The number of anilines is 2. The third-order valence-corrected chi connectivity index (χ3v) is 5.27. The van der Waals surface area contributed by atoms with E-state index in [1.165, 1.54) is 0 Å². The lowest BCUT2D eigenvalue weighted by molar-refractivity contribution is 0.573. The predicted molar refractivity (Wildman–Crippen MR) is 110 cm³/mol. The quantitative estimate of drug-likeness (QED) is 0.684. The number of piperazine rings is 1. The SMILES string of the molecule is CC(C)n1cnc2cc(N3CCN(c4nccn(C)c4=O)CC3)ccc2c1=O. The first-order valence-electron chi connectivity index (χ1n) is 9.48. The molecule has 0 spiro atoms. The van der Waals surface area contributed by atoms with Crippen LogP contribution in [0.3, 0.4) is 0 Å². The molecule has 0 aliphatic carbocycles. The van der Waals surface area contributed by atoms with E-state index in [-0.39, 0.29) is 17.2 Å². The lowest BCUT2D eigenvalue weighted by Crippen LogP contribution is -2.48. The molecule has 0 saturated carbocycles. The van der Waals surface area contributed by atoms with E-state index in [0.29, 0.717) is 29.8 Å². The fraction of sp³-hybridized carbons (Fsp3) is 0.400. The van der Waals surface area contributed by atoms with Crippen LogP contribution in [0.2, 0.25) is 0 Å². The Morgan fingerprint density at radius 1 is 0.964 bits per heavy atom. The van der Waals surface area contributed by atoms with Crippen LogP contribution in [0.5, 0.6) is 0 Å². The second-order valence-corrected chi connectivity index (χ2v) is 7.39. The van der Waals surface area contributed by atoms with Crippen LogP contribution in [-0.2, 0) is 7.05 Å². The van der Waals surface area contributed by atoms with E-state index in [9.17, 15) is 9.59 Å². The molecule has 3 aromatic rings. The number of fused-ring (bicyclic) bond motifs is 1. The van der Waals surface area contributed by atoms with Crippen molar-refractivity contribution in [3.8, 4) is 0 Å². The summed E-state index contributed by atoms with van der Waals surface area (Å²) in [4.78, 5) is 37.9. The first-order chi connectivity index (χ1) is 13.5. The van der Waals surface area contributed by atoms with Crippen LogP contribution in [-0.4, -0.2) is 45.3 Å². The van der Waals surface area contributed by atoms with Gasteiger partial charge >= 0.3 is 0 Å². The van der Waals surface area contributed by atoms with Gasteiger partial charge in [0.2, 0.25) is 0 Å². The maximum absolute atomic E-state index is 12.6. The molecule has 1 aliphatic heterocycles. The van der Waals surface area contributed by atoms with E-state index in [0.717, 1.165) is 18.8 Å². The number of aryl methyl sites for hydroxylation is 1. The van der Waals surface area contributed by atoms with Crippen LogP contribution in [0.25, 0.3) is 10.9 Å². The van der Waals surface area contributed by atoms with Gasteiger partial charge in [0.15, 0.2) is 5.82 Å². The van der Waals surface area contributed by atoms with Gasteiger partial charge in [-0.15, -0.1) is 0 Å². The van der Waals surface area contributed by atoms with Crippen molar-refractivity contribution in [2.75, 3.05) is 36.0 Å². The summed E-state index contributed by atoms with van der Waals surface area (Å²) in [5.41, 5.74) is 1.66. The van der Waals surface area contributed by atoms with Crippen molar-refractivity contribution in [3.05, 3.63) is 57.6 Å². The molecule has 1 aliphatic rings. The molecular weight excluding hydrogens is 356 g/mol. The number of hydrogen-bond donors (Lipinski definition) is 0. The highest BCUT2D eigenvalue weighted by molar-refractivity contribution is 5.81. The highest BCUT2D eigenvalue weighted by Crippen LogP contribution is 2.21. The summed E-state index contributed by atoms with van der Waals surface area (Å²) >= 11 is 0. The van der Waals surface area contributed by atoms with Crippen molar-refractivity contribution in [2.24, 2.45) is 7.05 Å². The average molecular weight is 380 g/mol.